The lowest BCUT2D eigenvalue weighted by atomic mass is 10.1. The second kappa shape index (κ2) is 8.29. The molecular formula is C24H22N2O4. The van der Waals surface area contributed by atoms with Crippen LogP contribution in [0.2, 0.25) is 0 Å². The molecule has 1 N–H and O–H groups in total. The van der Waals surface area contributed by atoms with E-state index in [4.69, 9.17) is 9.15 Å². The molecule has 6 heteroatoms. The van der Waals surface area contributed by atoms with E-state index >= 15 is 0 Å². The minimum absolute atomic E-state index is 0.158. The van der Waals surface area contributed by atoms with E-state index in [0.29, 0.717) is 22.6 Å². The summed E-state index contributed by atoms with van der Waals surface area (Å²) in [5, 5.41) is 0.930. The summed E-state index contributed by atoms with van der Waals surface area (Å²) in [5.74, 6) is 1.12. The molecule has 30 heavy (non-hydrogen) atoms. The molecule has 0 unspecified atom stereocenters. The summed E-state index contributed by atoms with van der Waals surface area (Å²) >= 11 is 0. The van der Waals surface area contributed by atoms with Crippen molar-refractivity contribution in [3.05, 3.63) is 99.7 Å². The molecule has 0 aliphatic rings. The third-order valence-corrected chi connectivity index (χ3v) is 4.99. The fourth-order valence-corrected chi connectivity index (χ4v) is 3.40. The standard InChI is InChI=1S/C24H22N2O4/c1-16-5-10-22-18(12-16)13-19(23(27)25-22)14-26(15-21-4-3-11-30-21)24(28)17-6-8-20(29-2)9-7-17/h3-13H,14-15H2,1-2H3,(H,25,27). The van der Waals surface area contributed by atoms with Gasteiger partial charge in [0.1, 0.15) is 11.5 Å². The van der Waals surface area contributed by atoms with Crippen molar-refractivity contribution >= 4 is 16.8 Å². The molecule has 0 aliphatic carbocycles. The van der Waals surface area contributed by atoms with Gasteiger partial charge in [0, 0.05) is 16.6 Å². The van der Waals surface area contributed by atoms with Crippen molar-refractivity contribution in [3.8, 4) is 5.75 Å². The van der Waals surface area contributed by atoms with E-state index in [1.54, 1.807) is 48.6 Å². The number of furan rings is 1. The number of hydrogen-bond donors (Lipinski definition) is 1. The third kappa shape index (κ3) is 4.12. The molecule has 0 aliphatic heterocycles. The number of ether oxygens (including phenoxy) is 1. The molecule has 4 aromatic rings. The number of hydrogen-bond acceptors (Lipinski definition) is 4. The highest BCUT2D eigenvalue weighted by atomic mass is 16.5. The Labute approximate surface area is 173 Å². The number of carbonyl (C=O) groups is 1. The Kier molecular flexibility index (Phi) is 5.39. The average Bonchev–Trinajstić information content (AvgIpc) is 3.27. The highest BCUT2D eigenvalue weighted by Crippen LogP contribution is 2.18. The molecule has 152 valence electrons. The van der Waals surface area contributed by atoms with Gasteiger partial charge in [0.2, 0.25) is 0 Å². The number of methoxy groups -OCH3 is 1. The number of aromatic nitrogens is 1. The molecule has 2 aromatic heterocycles. The largest absolute Gasteiger partial charge is 0.497 e. The van der Waals surface area contributed by atoms with Crippen LogP contribution in [-0.4, -0.2) is 22.9 Å². The minimum Gasteiger partial charge on any atom is -0.497 e. The van der Waals surface area contributed by atoms with E-state index in [2.05, 4.69) is 4.98 Å². The maximum absolute atomic E-state index is 13.2. The first-order valence-electron chi connectivity index (χ1n) is 9.62. The van der Waals surface area contributed by atoms with Gasteiger partial charge in [0.15, 0.2) is 0 Å². The zero-order valence-electron chi connectivity index (χ0n) is 16.8. The Bertz CT molecular complexity index is 1220. The number of aryl methyl sites for hydroxylation is 1. The average molecular weight is 402 g/mol. The van der Waals surface area contributed by atoms with Crippen LogP contribution >= 0.6 is 0 Å². The maximum Gasteiger partial charge on any atom is 0.254 e. The van der Waals surface area contributed by atoms with Gasteiger partial charge < -0.3 is 19.0 Å². The fourth-order valence-electron chi connectivity index (χ4n) is 3.40. The smallest absolute Gasteiger partial charge is 0.254 e. The summed E-state index contributed by atoms with van der Waals surface area (Å²) in [5.41, 5.74) is 2.69. The fraction of sp³-hybridized carbons (Fsp3) is 0.167. The van der Waals surface area contributed by atoms with Crippen molar-refractivity contribution < 1.29 is 13.9 Å². The molecule has 0 bridgehead atoms. The molecule has 2 heterocycles. The summed E-state index contributed by atoms with van der Waals surface area (Å²) < 4.78 is 10.6. The first-order chi connectivity index (χ1) is 14.5. The Morgan fingerprint density at radius 1 is 1.07 bits per heavy atom. The predicted molar refractivity (Wildman–Crippen MR) is 115 cm³/mol. The van der Waals surface area contributed by atoms with E-state index in [-0.39, 0.29) is 24.6 Å². The summed E-state index contributed by atoms with van der Waals surface area (Å²) in [6.45, 7) is 2.41. The summed E-state index contributed by atoms with van der Waals surface area (Å²) in [6, 6.07) is 18.2. The number of amides is 1. The normalized spacial score (nSPS) is 10.9. The Hall–Kier alpha value is -3.80. The van der Waals surface area contributed by atoms with Crippen molar-refractivity contribution in [2.75, 3.05) is 7.11 Å². The summed E-state index contributed by atoms with van der Waals surface area (Å²) in [7, 11) is 1.58. The zero-order valence-corrected chi connectivity index (χ0v) is 16.8. The van der Waals surface area contributed by atoms with Crippen LogP contribution in [0, 0.1) is 6.92 Å². The highest BCUT2D eigenvalue weighted by molar-refractivity contribution is 5.94. The summed E-state index contributed by atoms with van der Waals surface area (Å²) in [6.07, 6.45) is 1.57. The third-order valence-electron chi connectivity index (χ3n) is 4.99. The highest BCUT2D eigenvalue weighted by Gasteiger charge is 2.19. The van der Waals surface area contributed by atoms with E-state index in [1.807, 2.05) is 37.3 Å². The maximum atomic E-state index is 13.2. The van der Waals surface area contributed by atoms with E-state index < -0.39 is 0 Å². The molecule has 0 spiro atoms. The van der Waals surface area contributed by atoms with Crippen LogP contribution in [0.15, 0.2) is 76.1 Å². The van der Waals surface area contributed by atoms with Gasteiger partial charge in [-0.15, -0.1) is 0 Å². The van der Waals surface area contributed by atoms with Gasteiger partial charge in [-0.2, -0.15) is 0 Å². The van der Waals surface area contributed by atoms with Gasteiger partial charge in [-0.05, 0) is 66.9 Å². The monoisotopic (exact) mass is 402 g/mol. The van der Waals surface area contributed by atoms with Crippen LogP contribution < -0.4 is 10.3 Å². The number of pyridine rings is 1. The molecular weight excluding hydrogens is 380 g/mol. The van der Waals surface area contributed by atoms with Crippen LogP contribution in [0.1, 0.15) is 27.2 Å². The van der Waals surface area contributed by atoms with Gasteiger partial charge in [-0.1, -0.05) is 11.6 Å². The first kappa shape index (κ1) is 19.5. The van der Waals surface area contributed by atoms with Crippen LogP contribution in [0.25, 0.3) is 10.9 Å². The van der Waals surface area contributed by atoms with Gasteiger partial charge in [-0.3, -0.25) is 9.59 Å². The van der Waals surface area contributed by atoms with Crippen molar-refractivity contribution in [2.24, 2.45) is 0 Å². The number of carbonyl (C=O) groups excluding carboxylic acids is 1. The second-order valence-corrected chi connectivity index (χ2v) is 7.18. The SMILES string of the molecule is COc1ccc(C(=O)N(Cc2ccco2)Cc2cc3cc(C)ccc3[nH]c2=O)cc1. The Morgan fingerprint density at radius 2 is 1.87 bits per heavy atom. The second-order valence-electron chi connectivity index (χ2n) is 7.18. The molecule has 2 aromatic carbocycles. The van der Waals surface area contributed by atoms with Gasteiger partial charge >= 0.3 is 0 Å². The van der Waals surface area contributed by atoms with Crippen LogP contribution in [0.4, 0.5) is 0 Å². The number of aromatic amines is 1. The van der Waals surface area contributed by atoms with Gasteiger partial charge in [-0.25, -0.2) is 0 Å². The quantitative estimate of drug-likeness (QED) is 0.522. The molecule has 1 amide bonds. The van der Waals surface area contributed by atoms with Crippen LogP contribution in [0.5, 0.6) is 5.75 Å². The Morgan fingerprint density at radius 3 is 2.57 bits per heavy atom. The molecule has 0 fully saturated rings. The lowest BCUT2D eigenvalue weighted by molar-refractivity contribution is 0.0717. The Balaban J connectivity index is 1.69. The van der Waals surface area contributed by atoms with E-state index in [9.17, 15) is 9.59 Å². The van der Waals surface area contributed by atoms with Gasteiger partial charge in [0.25, 0.3) is 11.5 Å². The molecule has 4 rings (SSSR count). The summed E-state index contributed by atoms with van der Waals surface area (Å²) in [4.78, 5) is 30.4. The number of benzene rings is 2. The topological polar surface area (TPSA) is 75.5 Å². The predicted octanol–water partition coefficient (Wildman–Crippen LogP) is 4.28. The molecule has 0 saturated carbocycles. The molecule has 0 saturated heterocycles. The first-order valence-corrected chi connectivity index (χ1v) is 9.62. The number of fused-ring (bicyclic) bond motifs is 1. The number of nitrogens with zero attached hydrogens (tertiary/aromatic N) is 1. The molecule has 0 radical (unpaired) electrons. The van der Waals surface area contributed by atoms with Crippen LogP contribution in [0.3, 0.4) is 0 Å². The minimum atomic E-state index is -0.210. The van der Waals surface area contributed by atoms with Crippen molar-refractivity contribution in [2.45, 2.75) is 20.0 Å². The molecule has 0 atom stereocenters. The van der Waals surface area contributed by atoms with Crippen molar-refractivity contribution in [3.63, 3.8) is 0 Å². The number of H-pyrrole nitrogens is 1. The van der Waals surface area contributed by atoms with Crippen LogP contribution in [-0.2, 0) is 13.1 Å². The lowest BCUT2D eigenvalue weighted by Gasteiger charge is -2.22. The van der Waals surface area contributed by atoms with E-state index in [1.165, 1.54) is 0 Å². The molecule has 6 nitrogen and oxygen atoms in total. The number of nitrogens with one attached hydrogen (secondary N) is 1. The van der Waals surface area contributed by atoms with E-state index in [0.717, 1.165) is 16.5 Å². The zero-order chi connectivity index (χ0) is 21.1. The van der Waals surface area contributed by atoms with Crippen molar-refractivity contribution in [1.82, 2.24) is 9.88 Å². The van der Waals surface area contributed by atoms with Crippen molar-refractivity contribution in [1.29, 1.82) is 0 Å². The number of rotatable bonds is 6. The van der Waals surface area contributed by atoms with Gasteiger partial charge in [0.05, 0.1) is 26.5 Å². The lowest BCUT2D eigenvalue weighted by Crippen LogP contribution is -2.32.